The fourth-order valence-corrected chi connectivity index (χ4v) is 5.34. The van der Waals surface area contributed by atoms with Crippen LogP contribution in [0.25, 0.3) is 0 Å². The molecular weight excluding hydrogens is 772 g/mol. The number of ether oxygens (including phenoxy) is 1. The van der Waals surface area contributed by atoms with Crippen molar-refractivity contribution in [2.24, 2.45) is 10.2 Å². The van der Waals surface area contributed by atoms with Gasteiger partial charge < -0.3 is 29.4 Å². The summed E-state index contributed by atoms with van der Waals surface area (Å²) in [6.07, 6.45) is -8.55. The zero-order valence-corrected chi connectivity index (χ0v) is 31.6. The molecule has 1 atom stereocenters. The van der Waals surface area contributed by atoms with Crippen LogP contribution in [0.15, 0.2) is 107 Å². The molecule has 3 aromatic carbocycles. The van der Waals surface area contributed by atoms with Crippen molar-refractivity contribution in [3.05, 3.63) is 103 Å². The fourth-order valence-electron chi connectivity index (χ4n) is 4.42. The number of anilines is 2. The first-order valence-corrected chi connectivity index (χ1v) is 18.2. The summed E-state index contributed by atoms with van der Waals surface area (Å²) in [4.78, 5) is 11.6. The molecule has 22 heteroatoms. The summed E-state index contributed by atoms with van der Waals surface area (Å²) in [5.41, 5.74) is 3.04. The van der Waals surface area contributed by atoms with E-state index in [1.54, 1.807) is 56.2 Å². The van der Waals surface area contributed by atoms with Gasteiger partial charge in [0.25, 0.3) is 0 Å². The summed E-state index contributed by atoms with van der Waals surface area (Å²) in [6, 6.07) is 18.0. The van der Waals surface area contributed by atoms with E-state index >= 15 is 0 Å². The van der Waals surface area contributed by atoms with Gasteiger partial charge in [-0.15, -0.1) is 11.7 Å². The average Bonchev–Trinajstić information content (AvgIpc) is 3.60. The predicted octanol–water partition coefficient (Wildman–Crippen LogP) is 5.72. The lowest BCUT2D eigenvalue weighted by molar-refractivity contribution is -0.144. The SMILES string of the molecule is C=CC.CB(O)NCc1cccc(N/N=C(\OS(=O)(=O)c2ccccc2)C(F)(F)F)c1.CCOC(=O)C1CC(C(F)(F)F)=NN1c1cccc(CNB(C)O)c1. The van der Waals surface area contributed by atoms with E-state index < -0.39 is 71.5 Å². The van der Waals surface area contributed by atoms with Gasteiger partial charge in [-0.2, -0.15) is 39.9 Å². The number of carbonyl (C=O) groups excluding carboxylic acids is 1. The maximum Gasteiger partial charge on any atom is 0.471 e. The van der Waals surface area contributed by atoms with Gasteiger partial charge in [0.2, 0.25) is 0 Å². The summed E-state index contributed by atoms with van der Waals surface area (Å²) in [6.45, 7) is 10.6. The van der Waals surface area contributed by atoms with Gasteiger partial charge in [0, 0.05) is 19.5 Å². The van der Waals surface area contributed by atoms with E-state index in [0.29, 0.717) is 17.8 Å². The van der Waals surface area contributed by atoms with E-state index in [9.17, 15) is 49.6 Å². The summed E-state index contributed by atoms with van der Waals surface area (Å²) < 4.78 is 112. The Labute approximate surface area is 321 Å². The Bertz CT molecular complexity index is 1890. The molecule has 0 aromatic heterocycles. The first-order valence-electron chi connectivity index (χ1n) is 16.8. The van der Waals surface area contributed by atoms with Crippen LogP contribution >= 0.6 is 0 Å². The zero-order valence-electron chi connectivity index (χ0n) is 30.8. The molecule has 1 heterocycles. The Balaban J connectivity index is 0.000000363. The van der Waals surface area contributed by atoms with Gasteiger partial charge in [-0.3, -0.25) is 10.4 Å². The van der Waals surface area contributed by atoms with Gasteiger partial charge in [-0.05, 0) is 75.0 Å². The molecule has 0 fully saturated rings. The molecule has 0 saturated carbocycles. The van der Waals surface area contributed by atoms with Crippen molar-refractivity contribution >= 4 is 53.2 Å². The van der Waals surface area contributed by atoms with E-state index in [0.717, 1.165) is 22.7 Å². The molecule has 0 spiro atoms. The van der Waals surface area contributed by atoms with Crippen LogP contribution in [0.5, 0.6) is 0 Å². The number of esters is 1. The topological polar surface area (TPSA) is 174 Å². The number of hydrogen-bond acceptors (Lipinski definition) is 13. The second-order valence-corrected chi connectivity index (χ2v) is 13.2. The molecule has 4 rings (SSSR count). The van der Waals surface area contributed by atoms with E-state index in [-0.39, 0.29) is 18.8 Å². The van der Waals surface area contributed by atoms with Crippen molar-refractivity contribution in [1.82, 2.24) is 10.5 Å². The van der Waals surface area contributed by atoms with E-state index in [4.69, 9.17) is 4.74 Å². The number of carbonyl (C=O) groups is 1. The number of benzene rings is 3. The first kappa shape index (κ1) is 47.3. The lowest BCUT2D eigenvalue weighted by Crippen LogP contribution is -2.36. The minimum Gasteiger partial charge on any atom is -0.464 e. The fraction of sp³-hybridized carbons (Fsp3) is 0.324. The van der Waals surface area contributed by atoms with Gasteiger partial charge in [0.05, 0.1) is 18.0 Å². The van der Waals surface area contributed by atoms with Gasteiger partial charge in [-0.25, -0.2) is 4.79 Å². The third kappa shape index (κ3) is 16.1. The zero-order chi connectivity index (χ0) is 42.1. The second-order valence-electron chi connectivity index (χ2n) is 11.6. The predicted molar refractivity (Wildman–Crippen MR) is 203 cm³/mol. The number of nitrogens with zero attached hydrogens (tertiary/aromatic N) is 3. The molecule has 1 aliphatic heterocycles. The molecular formula is C34H42B2F6N6O7S. The van der Waals surface area contributed by atoms with Crippen LogP contribution in [-0.4, -0.2) is 75.1 Å². The lowest BCUT2D eigenvalue weighted by Gasteiger charge is -2.22. The summed E-state index contributed by atoms with van der Waals surface area (Å²) in [5.74, 6) is -2.71. The quantitative estimate of drug-likeness (QED) is 0.0209. The maximum atomic E-state index is 13.2. The van der Waals surface area contributed by atoms with Crippen LogP contribution < -0.4 is 20.9 Å². The molecule has 1 aliphatic rings. The lowest BCUT2D eigenvalue weighted by atomic mass is 9.88. The third-order valence-corrected chi connectivity index (χ3v) is 8.08. The molecule has 56 heavy (non-hydrogen) atoms. The smallest absolute Gasteiger partial charge is 0.464 e. The Morgan fingerprint density at radius 3 is 2.04 bits per heavy atom. The highest BCUT2D eigenvalue weighted by molar-refractivity contribution is 7.87. The van der Waals surface area contributed by atoms with Crippen LogP contribution in [0.1, 0.15) is 31.4 Å². The van der Waals surface area contributed by atoms with E-state index in [2.05, 4.69) is 36.8 Å². The summed E-state index contributed by atoms with van der Waals surface area (Å²) in [5, 5.41) is 31.7. The Morgan fingerprint density at radius 1 is 0.964 bits per heavy atom. The van der Waals surface area contributed by atoms with Crippen molar-refractivity contribution in [2.75, 3.05) is 17.0 Å². The molecule has 0 saturated heterocycles. The number of halogens is 6. The highest BCUT2D eigenvalue weighted by atomic mass is 32.2. The number of hydrazone groups is 2. The minimum atomic E-state index is -5.14. The first-order chi connectivity index (χ1) is 26.2. The van der Waals surface area contributed by atoms with Gasteiger partial charge in [0.15, 0.2) is 6.04 Å². The number of rotatable bonds is 13. The normalized spacial score (nSPS) is 14.3. The van der Waals surface area contributed by atoms with Gasteiger partial charge in [-0.1, -0.05) is 48.5 Å². The van der Waals surface area contributed by atoms with Crippen molar-refractivity contribution in [3.63, 3.8) is 0 Å². The van der Waals surface area contributed by atoms with Crippen LogP contribution in [0.3, 0.4) is 0 Å². The van der Waals surface area contributed by atoms with Crippen molar-refractivity contribution in [3.8, 4) is 0 Å². The third-order valence-electron chi connectivity index (χ3n) is 6.85. The molecule has 0 bridgehead atoms. The molecule has 3 aromatic rings. The number of alkyl halides is 6. The van der Waals surface area contributed by atoms with E-state index in [1.807, 2.05) is 6.92 Å². The number of hydrogen-bond donors (Lipinski definition) is 5. The Kier molecular flexibility index (Phi) is 18.6. The van der Waals surface area contributed by atoms with Gasteiger partial charge >= 0.3 is 48.4 Å². The highest BCUT2D eigenvalue weighted by Gasteiger charge is 2.46. The second kappa shape index (κ2) is 22.0. The van der Waals surface area contributed by atoms with Crippen molar-refractivity contribution in [2.45, 2.75) is 70.3 Å². The van der Waals surface area contributed by atoms with Gasteiger partial charge in [0.1, 0.15) is 10.6 Å². The van der Waals surface area contributed by atoms with Crippen LogP contribution in [-0.2, 0) is 36.9 Å². The van der Waals surface area contributed by atoms with Crippen LogP contribution in [0.4, 0.5) is 37.7 Å². The summed E-state index contributed by atoms with van der Waals surface area (Å²) >= 11 is 0. The molecule has 13 nitrogen and oxygen atoms in total. The molecule has 304 valence electrons. The number of allylic oxidation sites excluding steroid dienone is 1. The van der Waals surface area contributed by atoms with Crippen LogP contribution in [0.2, 0.25) is 13.6 Å². The maximum absolute atomic E-state index is 13.2. The molecule has 1 unspecified atom stereocenters. The molecule has 0 amide bonds. The highest BCUT2D eigenvalue weighted by Crippen LogP contribution is 2.32. The van der Waals surface area contributed by atoms with Crippen molar-refractivity contribution in [1.29, 1.82) is 0 Å². The van der Waals surface area contributed by atoms with E-state index in [1.165, 1.54) is 37.2 Å². The Morgan fingerprint density at radius 2 is 1.52 bits per heavy atom. The van der Waals surface area contributed by atoms with Crippen molar-refractivity contribution < 1.29 is 58.5 Å². The van der Waals surface area contributed by atoms with Crippen LogP contribution in [0, 0.1) is 0 Å². The average molecular weight is 814 g/mol. The standard InChI is InChI=1S/C16H17BF3N3O4S.C15H19BF3N3O3.C3H6/c1-17(24)21-11-12-6-5-7-13(10-12)22-23-15(16(18,19)20)27-28(25,26)14-8-3-2-4-9-14;1-3-25-14(23)12-8-13(15(17,18)19)21-22(12)11-6-4-5-10(7-11)9-20-16(2)24;1-3-2/h2-10,21-22,24H,11H2,1H3;4-7,12,20,24H,3,8-9H2,1-2H3;3H,1H2,2H3/b23-15-;;. The number of nitrogens with one attached hydrogen (secondary N) is 3. The molecule has 5 N–H and O–H groups in total. The summed E-state index contributed by atoms with van der Waals surface area (Å²) in [7, 11) is -6.19. The molecule has 0 radical (unpaired) electrons. The minimum absolute atomic E-state index is 0.0723. The molecule has 0 aliphatic carbocycles. The largest absolute Gasteiger partial charge is 0.471 e. The Hall–Kier alpha value is -4.89. The monoisotopic (exact) mass is 814 g/mol.